The van der Waals surface area contributed by atoms with Crippen LogP contribution in [0.5, 0.6) is 0 Å². The van der Waals surface area contributed by atoms with E-state index in [0.717, 1.165) is 12.1 Å². The van der Waals surface area contributed by atoms with Gasteiger partial charge in [-0.05, 0) is 42.3 Å². The van der Waals surface area contributed by atoms with E-state index in [-0.39, 0.29) is 12.0 Å². The lowest BCUT2D eigenvalue weighted by atomic mass is 9.98. The maximum absolute atomic E-state index is 13.6. The Morgan fingerprint density at radius 2 is 1.68 bits per heavy atom. The molecule has 0 amide bonds. The summed E-state index contributed by atoms with van der Waals surface area (Å²) in [7, 11) is 0. The summed E-state index contributed by atoms with van der Waals surface area (Å²) in [5.74, 6) is -1.81. The van der Waals surface area contributed by atoms with Crippen LogP contribution in [0.2, 0.25) is 0 Å². The lowest BCUT2D eigenvalue weighted by Gasteiger charge is -2.15. The molecule has 5 heteroatoms. The van der Waals surface area contributed by atoms with Gasteiger partial charge in [0.05, 0.1) is 0 Å². The summed E-state index contributed by atoms with van der Waals surface area (Å²) in [6, 6.07) is 6.83. The summed E-state index contributed by atoms with van der Waals surface area (Å²) >= 11 is 3.26. The van der Waals surface area contributed by atoms with E-state index >= 15 is 0 Å². The quantitative estimate of drug-likeness (QED) is 0.901. The zero-order valence-corrected chi connectivity index (χ0v) is 11.4. The van der Waals surface area contributed by atoms with E-state index in [2.05, 4.69) is 15.9 Å². The average Bonchev–Trinajstić information content (AvgIpc) is 2.33. The molecule has 0 radical (unpaired) electrons. The molecule has 1 unspecified atom stereocenters. The standard InChI is InChI=1S/C14H11BrF3N/c15-10-5-4-9(16)6-8(10)7-13(19)14-11(17)2-1-3-12(14)18/h1-6,13H,7,19H2. The van der Waals surface area contributed by atoms with Crippen molar-refractivity contribution in [1.29, 1.82) is 0 Å². The third-order valence-electron chi connectivity index (χ3n) is 2.82. The Kier molecular flexibility index (Phi) is 4.27. The Hall–Kier alpha value is -1.33. The first-order chi connectivity index (χ1) is 8.99. The molecule has 2 aromatic rings. The number of nitrogens with two attached hydrogens (primary N) is 1. The summed E-state index contributed by atoms with van der Waals surface area (Å²) in [4.78, 5) is 0. The molecule has 0 aliphatic rings. The van der Waals surface area contributed by atoms with Gasteiger partial charge in [-0.25, -0.2) is 13.2 Å². The van der Waals surface area contributed by atoms with Gasteiger partial charge in [-0.15, -0.1) is 0 Å². The fourth-order valence-corrected chi connectivity index (χ4v) is 2.31. The Morgan fingerprint density at radius 3 is 2.32 bits per heavy atom. The van der Waals surface area contributed by atoms with Crippen molar-refractivity contribution < 1.29 is 13.2 Å². The van der Waals surface area contributed by atoms with Crippen LogP contribution in [0, 0.1) is 17.5 Å². The van der Waals surface area contributed by atoms with Crippen LogP contribution < -0.4 is 5.73 Å². The Balaban J connectivity index is 2.31. The minimum Gasteiger partial charge on any atom is -0.323 e. The summed E-state index contributed by atoms with van der Waals surface area (Å²) in [5, 5.41) is 0. The molecule has 100 valence electrons. The molecule has 1 nitrogen and oxygen atoms in total. The summed E-state index contributed by atoms with van der Waals surface area (Å²) in [5.41, 5.74) is 6.21. The van der Waals surface area contributed by atoms with Crippen molar-refractivity contribution in [3.05, 3.63) is 69.4 Å². The second-order valence-electron chi connectivity index (χ2n) is 4.18. The van der Waals surface area contributed by atoms with Crippen molar-refractivity contribution in [2.45, 2.75) is 12.5 Å². The highest BCUT2D eigenvalue weighted by Crippen LogP contribution is 2.26. The Labute approximate surface area is 117 Å². The van der Waals surface area contributed by atoms with Crippen molar-refractivity contribution in [2.75, 3.05) is 0 Å². The molecule has 2 N–H and O–H groups in total. The minimum absolute atomic E-state index is 0.135. The molecule has 0 bridgehead atoms. The lowest BCUT2D eigenvalue weighted by Crippen LogP contribution is -2.17. The molecule has 0 saturated heterocycles. The number of rotatable bonds is 3. The smallest absolute Gasteiger partial charge is 0.130 e. The van der Waals surface area contributed by atoms with E-state index in [1.807, 2.05) is 0 Å². The molecule has 0 saturated carbocycles. The first kappa shape index (κ1) is 14.1. The van der Waals surface area contributed by atoms with E-state index in [9.17, 15) is 13.2 Å². The van der Waals surface area contributed by atoms with Crippen molar-refractivity contribution in [2.24, 2.45) is 5.73 Å². The normalized spacial score (nSPS) is 12.5. The molecule has 19 heavy (non-hydrogen) atoms. The monoisotopic (exact) mass is 329 g/mol. The van der Waals surface area contributed by atoms with Crippen LogP contribution in [-0.2, 0) is 6.42 Å². The predicted molar refractivity (Wildman–Crippen MR) is 71.1 cm³/mol. The summed E-state index contributed by atoms with van der Waals surface area (Å²) in [6.07, 6.45) is 0.135. The van der Waals surface area contributed by atoms with Gasteiger partial charge in [-0.3, -0.25) is 0 Å². The van der Waals surface area contributed by atoms with Gasteiger partial charge in [0.15, 0.2) is 0 Å². The minimum atomic E-state index is -0.876. The number of benzene rings is 2. The van der Waals surface area contributed by atoms with Crippen LogP contribution in [0.15, 0.2) is 40.9 Å². The number of halogens is 4. The van der Waals surface area contributed by atoms with Gasteiger partial charge in [0, 0.05) is 16.1 Å². The van der Waals surface area contributed by atoms with Gasteiger partial charge in [0.1, 0.15) is 17.5 Å². The van der Waals surface area contributed by atoms with E-state index < -0.39 is 23.5 Å². The number of hydrogen-bond donors (Lipinski definition) is 1. The van der Waals surface area contributed by atoms with Crippen molar-refractivity contribution in [1.82, 2.24) is 0 Å². The largest absolute Gasteiger partial charge is 0.323 e. The Bertz CT molecular complexity index is 581. The Morgan fingerprint density at radius 1 is 1.05 bits per heavy atom. The molecule has 0 aliphatic carbocycles. The first-order valence-corrected chi connectivity index (χ1v) is 6.41. The van der Waals surface area contributed by atoms with Gasteiger partial charge in [0.25, 0.3) is 0 Å². The second-order valence-corrected chi connectivity index (χ2v) is 5.04. The van der Waals surface area contributed by atoms with Crippen molar-refractivity contribution in [3.63, 3.8) is 0 Å². The van der Waals surface area contributed by atoms with Crippen LogP contribution >= 0.6 is 15.9 Å². The molecule has 0 aromatic heterocycles. The molecule has 2 rings (SSSR count). The lowest BCUT2D eigenvalue weighted by molar-refractivity contribution is 0.523. The highest BCUT2D eigenvalue weighted by Gasteiger charge is 2.18. The first-order valence-electron chi connectivity index (χ1n) is 5.62. The molecule has 0 heterocycles. The van der Waals surface area contributed by atoms with Crippen LogP contribution in [0.25, 0.3) is 0 Å². The van der Waals surface area contributed by atoms with Crippen molar-refractivity contribution >= 4 is 15.9 Å². The zero-order valence-electron chi connectivity index (χ0n) is 9.84. The maximum Gasteiger partial charge on any atom is 0.130 e. The maximum atomic E-state index is 13.6. The molecule has 0 fully saturated rings. The van der Waals surface area contributed by atoms with Gasteiger partial charge in [-0.2, -0.15) is 0 Å². The van der Waals surface area contributed by atoms with Gasteiger partial charge in [0.2, 0.25) is 0 Å². The average molecular weight is 330 g/mol. The van der Waals surface area contributed by atoms with E-state index in [4.69, 9.17) is 5.73 Å². The van der Waals surface area contributed by atoms with E-state index in [0.29, 0.717) is 10.0 Å². The fraction of sp³-hybridized carbons (Fsp3) is 0.143. The summed E-state index contributed by atoms with van der Waals surface area (Å²) in [6.45, 7) is 0. The van der Waals surface area contributed by atoms with Crippen LogP contribution in [0.4, 0.5) is 13.2 Å². The third-order valence-corrected chi connectivity index (χ3v) is 3.59. The number of hydrogen-bond acceptors (Lipinski definition) is 1. The molecular formula is C14H11BrF3N. The van der Waals surface area contributed by atoms with Crippen LogP contribution in [0.3, 0.4) is 0 Å². The van der Waals surface area contributed by atoms with Crippen LogP contribution in [0.1, 0.15) is 17.2 Å². The van der Waals surface area contributed by atoms with Gasteiger partial charge < -0.3 is 5.73 Å². The topological polar surface area (TPSA) is 26.0 Å². The third kappa shape index (κ3) is 3.16. The van der Waals surface area contributed by atoms with Gasteiger partial charge in [-0.1, -0.05) is 22.0 Å². The summed E-state index contributed by atoms with van der Waals surface area (Å²) < 4.78 is 41.0. The highest BCUT2D eigenvalue weighted by molar-refractivity contribution is 9.10. The molecule has 0 aliphatic heterocycles. The fourth-order valence-electron chi connectivity index (χ4n) is 1.90. The highest BCUT2D eigenvalue weighted by atomic mass is 79.9. The van der Waals surface area contributed by atoms with Crippen LogP contribution in [-0.4, -0.2) is 0 Å². The molecular weight excluding hydrogens is 319 g/mol. The van der Waals surface area contributed by atoms with Gasteiger partial charge >= 0.3 is 0 Å². The predicted octanol–water partition coefficient (Wildman–Crippen LogP) is 4.11. The molecule has 1 atom stereocenters. The second kappa shape index (κ2) is 5.75. The molecule has 0 spiro atoms. The van der Waals surface area contributed by atoms with E-state index in [1.165, 1.54) is 24.3 Å². The van der Waals surface area contributed by atoms with Crippen molar-refractivity contribution in [3.8, 4) is 0 Å². The zero-order chi connectivity index (χ0) is 14.0. The SMILES string of the molecule is NC(Cc1cc(F)ccc1Br)c1c(F)cccc1F. The van der Waals surface area contributed by atoms with E-state index in [1.54, 1.807) is 0 Å². The molecule has 2 aromatic carbocycles.